The normalized spacial score (nSPS) is 16.9. The Kier molecular flexibility index (Phi) is 7.09. The Bertz CT molecular complexity index is 1700. The van der Waals surface area contributed by atoms with Crippen LogP contribution in [0.25, 0.3) is 17.1 Å². The van der Waals surface area contributed by atoms with E-state index in [4.69, 9.17) is 12.6 Å². The van der Waals surface area contributed by atoms with Crippen molar-refractivity contribution in [3.63, 3.8) is 0 Å². The molecule has 0 saturated carbocycles. The van der Waals surface area contributed by atoms with E-state index in [0.29, 0.717) is 29.1 Å². The molecule has 6 nitrogen and oxygen atoms in total. The lowest BCUT2D eigenvalue weighted by molar-refractivity contribution is -0.665. The summed E-state index contributed by atoms with van der Waals surface area (Å²) < 4.78 is 4.53. The number of rotatable bonds is 8. The summed E-state index contributed by atoms with van der Waals surface area (Å²) in [6.07, 6.45) is 3.92. The Morgan fingerprint density at radius 2 is 1.52 bits per heavy atom. The molecule has 1 aliphatic carbocycles. The molecular weight excluding hydrogens is 516 g/mol. The number of nitrogens with zero attached hydrogens (tertiary/aromatic N) is 4. The van der Waals surface area contributed by atoms with Crippen LogP contribution in [-0.2, 0) is 17.9 Å². The van der Waals surface area contributed by atoms with Crippen LogP contribution < -0.4 is 14.4 Å². The summed E-state index contributed by atoms with van der Waals surface area (Å²) in [6.45, 7) is 6.89. The lowest BCUT2D eigenvalue weighted by Gasteiger charge is -2.27. The number of aliphatic hydroxyl groups excluding tert-OH is 1. The number of imidazole rings is 1. The molecule has 3 aromatic carbocycles. The number of hydrogen-bond donors (Lipinski definition) is 2. The maximum atomic E-state index is 13.7. The summed E-state index contributed by atoms with van der Waals surface area (Å²) in [5.41, 5.74) is 6.76. The van der Waals surface area contributed by atoms with Crippen molar-refractivity contribution in [1.29, 1.82) is 0 Å². The number of carbonyl (C=O) groups excluding carboxylic acids is 1. The van der Waals surface area contributed by atoms with Crippen LogP contribution in [0.15, 0.2) is 107 Å². The summed E-state index contributed by atoms with van der Waals surface area (Å²) in [6, 6.07) is 26.9. The third-order valence-electron chi connectivity index (χ3n) is 7.72. The number of fused-ring (bicyclic) bond motifs is 2. The second kappa shape index (κ2) is 10.8. The van der Waals surface area contributed by atoms with Gasteiger partial charge in [0.25, 0.3) is 5.82 Å². The van der Waals surface area contributed by atoms with Gasteiger partial charge in [0.05, 0.1) is 24.5 Å². The molecule has 0 atom stereocenters. The number of aromatic nitrogens is 2. The molecule has 6 rings (SSSR count). The lowest BCUT2D eigenvalue weighted by Crippen LogP contribution is -2.37. The van der Waals surface area contributed by atoms with Crippen molar-refractivity contribution in [3.8, 4) is 0 Å². The highest BCUT2D eigenvalue weighted by Crippen LogP contribution is 2.43. The van der Waals surface area contributed by atoms with Crippen molar-refractivity contribution in [2.24, 2.45) is 0 Å². The molecular formula is C33H33N4O2S+. The standard InChI is InChI=1S/C33H32N4O2S/c1-3-34-26-14-8-10-16-28(26)36(18-19-38)30(34)20-24-32(39)25(33(24)40)21-31-35(4-2)27-15-9-11-17-29(27)37(31)22-23-12-6-5-7-13-23/h5-17,20-21,38H,3-4,18-19,22H2,1-2H3/p+1. The highest BCUT2D eigenvalue weighted by Gasteiger charge is 2.36. The van der Waals surface area contributed by atoms with Crippen molar-refractivity contribution in [2.75, 3.05) is 29.5 Å². The Labute approximate surface area is 240 Å². The first-order valence-corrected chi connectivity index (χ1v) is 14.2. The van der Waals surface area contributed by atoms with Crippen LogP contribution in [0.2, 0.25) is 0 Å². The van der Waals surface area contributed by atoms with Gasteiger partial charge in [0.2, 0.25) is 0 Å². The van der Waals surface area contributed by atoms with E-state index in [-0.39, 0.29) is 12.4 Å². The van der Waals surface area contributed by atoms with E-state index < -0.39 is 0 Å². The maximum Gasteiger partial charge on any atom is 0.283 e. The molecule has 40 heavy (non-hydrogen) atoms. The van der Waals surface area contributed by atoms with Crippen LogP contribution in [0.5, 0.6) is 0 Å². The zero-order valence-corrected chi connectivity index (χ0v) is 23.7. The third kappa shape index (κ3) is 4.26. The van der Waals surface area contributed by atoms with E-state index in [1.165, 1.54) is 5.56 Å². The molecule has 0 radical (unpaired) electrons. The van der Waals surface area contributed by atoms with Crippen LogP contribution in [-0.4, -0.2) is 35.2 Å². The van der Waals surface area contributed by atoms with Crippen LogP contribution in [0.4, 0.5) is 11.4 Å². The molecule has 1 aliphatic heterocycles. The number of para-hydroxylation sites is 4. The van der Waals surface area contributed by atoms with E-state index in [2.05, 4.69) is 87.4 Å². The minimum absolute atomic E-state index is 0.0120. The molecule has 202 valence electrons. The minimum atomic E-state index is -0.0207. The van der Waals surface area contributed by atoms with Gasteiger partial charge in [0, 0.05) is 35.2 Å². The average Bonchev–Trinajstić information content (AvgIpc) is 3.46. The second-order valence-corrected chi connectivity index (χ2v) is 10.4. The number of ketones is 1. The van der Waals surface area contributed by atoms with Gasteiger partial charge in [0.1, 0.15) is 12.4 Å². The molecule has 4 aromatic rings. The monoisotopic (exact) mass is 549 g/mol. The van der Waals surface area contributed by atoms with E-state index in [0.717, 1.165) is 47.1 Å². The van der Waals surface area contributed by atoms with Crippen LogP contribution in [0.3, 0.4) is 0 Å². The molecule has 0 saturated heterocycles. The molecule has 1 N–H and O–H groups in total. The number of β-amino-alcohol motifs (C(OH)–C–C–N with tert-alkyl or cyclic N) is 1. The van der Waals surface area contributed by atoms with Crippen molar-refractivity contribution < 1.29 is 14.5 Å². The number of carbonyl (C=O) groups is 1. The fraction of sp³-hybridized carbons (Fsp3) is 0.212. The largest absolute Gasteiger partial charge is 0.395 e. The summed E-state index contributed by atoms with van der Waals surface area (Å²) >= 11 is 4.84. The van der Waals surface area contributed by atoms with E-state index >= 15 is 0 Å². The third-order valence-corrected chi connectivity index (χ3v) is 8.20. The van der Waals surface area contributed by atoms with Gasteiger partial charge in [0.15, 0.2) is 16.8 Å². The Balaban J connectivity index is 1.44. The van der Waals surface area contributed by atoms with Gasteiger partial charge < -0.3 is 14.9 Å². The fourth-order valence-corrected chi connectivity index (χ4v) is 6.17. The average molecular weight is 550 g/mol. The van der Waals surface area contributed by atoms with Gasteiger partial charge >= 0.3 is 0 Å². The predicted molar refractivity (Wildman–Crippen MR) is 164 cm³/mol. The van der Waals surface area contributed by atoms with E-state index in [9.17, 15) is 9.90 Å². The highest BCUT2D eigenvalue weighted by molar-refractivity contribution is 7.85. The zero-order valence-electron chi connectivity index (χ0n) is 22.8. The van der Waals surface area contributed by atoms with Crippen molar-refractivity contribution in [2.45, 2.75) is 26.9 Å². The van der Waals surface area contributed by atoms with Gasteiger partial charge in [-0.3, -0.25) is 4.79 Å². The van der Waals surface area contributed by atoms with Crippen LogP contribution >= 0.6 is 12.6 Å². The maximum absolute atomic E-state index is 13.7. The van der Waals surface area contributed by atoms with Crippen LogP contribution in [0.1, 0.15) is 25.2 Å². The Morgan fingerprint density at radius 1 is 0.850 bits per heavy atom. The number of aliphatic hydroxyl groups is 1. The SMILES string of the molecule is CCN1/C(=C/C2=C(S)C(=C\c3n(CC)c4ccccc4[n+]3Cc3ccccc3)/C2=O)N(CCO)c2ccccc21. The molecule has 0 bridgehead atoms. The van der Waals surface area contributed by atoms with Crippen LogP contribution in [0, 0.1) is 0 Å². The second-order valence-electron chi connectivity index (χ2n) is 9.92. The molecule has 0 amide bonds. The van der Waals surface area contributed by atoms with Crippen molar-refractivity contribution in [3.05, 3.63) is 118 Å². The van der Waals surface area contributed by atoms with Crippen molar-refractivity contribution in [1.82, 2.24) is 4.57 Å². The Morgan fingerprint density at radius 3 is 2.20 bits per heavy atom. The Hall–Kier alpha value is -4.07. The summed E-state index contributed by atoms with van der Waals surface area (Å²) in [4.78, 5) is 18.6. The molecule has 0 spiro atoms. The molecule has 2 heterocycles. The molecule has 1 aromatic heterocycles. The minimum Gasteiger partial charge on any atom is -0.395 e. The first-order chi connectivity index (χ1) is 19.6. The van der Waals surface area contributed by atoms with E-state index in [1.807, 2.05) is 36.4 Å². The number of hydrogen-bond acceptors (Lipinski definition) is 5. The van der Waals surface area contributed by atoms with Gasteiger partial charge in [-0.2, -0.15) is 0 Å². The fourth-order valence-electron chi connectivity index (χ4n) is 5.84. The number of benzene rings is 3. The summed E-state index contributed by atoms with van der Waals surface area (Å²) in [5.74, 6) is 1.83. The number of Topliss-reactive ketones (excluding diaryl/α,β-unsaturated/α-hetero) is 1. The quantitative estimate of drug-likeness (QED) is 0.177. The van der Waals surface area contributed by atoms with Gasteiger partial charge in [-0.25, -0.2) is 9.13 Å². The van der Waals surface area contributed by atoms with Gasteiger partial charge in [-0.05, 0) is 49.8 Å². The molecule has 0 fully saturated rings. The smallest absolute Gasteiger partial charge is 0.283 e. The number of thiol groups is 1. The highest BCUT2D eigenvalue weighted by atomic mass is 32.1. The summed E-state index contributed by atoms with van der Waals surface area (Å²) in [5, 5.41) is 9.79. The van der Waals surface area contributed by atoms with Gasteiger partial charge in [-0.1, -0.05) is 54.6 Å². The summed E-state index contributed by atoms with van der Waals surface area (Å²) in [7, 11) is 0. The lowest BCUT2D eigenvalue weighted by atomic mass is 9.89. The van der Waals surface area contributed by atoms with E-state index in [1.54, 1.807) is 0 Å². The zero-order chi connectivity index (χ0) is 27.8. The predicted octanol–water partition coefficient (Wildman–Crippen LogP) is 5.33. The topological polar surface area (TPSA) is 52.6 Å². The first kappa shape index (κ1) is 26.2. The number of aryl methyl sites for hydroxylation is 1. The molecule has 0 unspecified atom stereocenters. The molecule has 2 aliphatic rings. The van der Waals surface area contributed by atoms with Crippen molar-refractivity contribution >= 4 is 46.9 Å². The van der Waals surface area contributed by atoms with Gasteiger partial charge in [-0.15, -0.1) is 12.6 Å². The molecule has 7 heteroatoms. The number of anilines is 2. The number of allylic oxidation sites excluding steroid dienone is 3. The first-order valence-electron chi connectivity index (χ1n) is 13.8.